The Morgan fingerprint density at radius 2 is 1.40 bits per heavy atom. The van der Waals surface area contributed by atoms with E-state index in [1.165, 1.54) is 0 Å². The van der Waals surface area contributed by atoms with Crippen molar-refractivity contribution in [1.82, 2.24) is 0 Å². The van der Waals surface area contributed by atoms with E-state index in [0.717, 1.165) is 16.9 Å². The molecule has 1 unspecified atom stereocenters. The second-order valence-electron chi connectivity index (χ2n) is 6.18. The molecule has 0 saturated carbocycles. The van der Waals surface area contributed by atoms with E-state index in [2.05, 4.69) is 0 Å². The summed E-state index contributed by atoms with van der Waals surface area (Å²) in [6.45, 7) is 7.83. The molecular formula is C18H22O2. The van der Waals surface area contributed by atoms with Crippen LogP contribution in [-0.2, 0) is 5.60 Å². The van der Waals surface area contributed by atoms with Gasteiger partial charge < -0.3 is 9.84 Å². The van der Waals surface area contributed by atoms with Gasteiger partial charge in [-0.1, -0.05) is 42.5 Å². The first-order valence-corrected chi connectivity index (χ1v) is 6.86. The molecular weight excluding hydrogens is 248 g/mol. The van der Waals surface area contributed by atoms with Crippen molar-refractivity contribution in [3.8, 4) is 5.75 Å². The number of rotatable bonds is 3. The minimum atomic E-state index is -1.03. The van der Waals surface area contributed by atoms with E-state index in [4.69, 9.17) is 4.74 Å². The highest BCUT2D eigenvalue weighted by atomic mass is 16.5. The molecule has 0 aromatic heterocycles. The van der Waals surface area contributed by atoms with Gasteiger partial charge in [0.2, 0.25) is 0 Å². The number of hydrogen-bond donors (Lipinski definition) is 1. The van der Waals surface area contributed by atoms with Crippen LogP contribution >= 0.6 is 0 Å². The van der Waals surface area contributed by atoms with E-state index >= 15 is 0 Å². The Labute approximate surface area is 121 Å². The Kier molecular flexibility index (Phi) is 3.87. The van der Waals surface area contributed by atoms with Gasteiger partial charge in [0, 0.05) is 0 Å². The normalized spacial score (nSPS) is 14.7. The molecule has 1 N–H and O–H groups in total. The van der Waals surface area contributed by atoms with Gasteiger partial charge in [0.05, 0.1) is 0 Å². The molecule has 106 valence electrons. The van der Waals surface area contributed by atoms with Gasteiger partial charge >= 0.3 is 0 Å². The van der Waals surface area contributed by atoms with Crippen molar-refractivity contribution in [2.75, 3.05) is 0 Å². The Bertz CT molecular complexity index is 565. The number of ether oxygens (including phenoxy) is 1. The lowest BCUT2D eigenvalue weighted by molar-refractivity contribution is 0.0996. The van der Waals surface area contributed by atoms with Crippen molar-refractivity contribution in [1.29, 1.82) is 0 Å². The summed E-state index contributed by atoms with van der Waals surface area (Å²) in [5.74, 6) is 0.770. The van der Waals surface area contributed by atoms with Crippen LogP contribution in [0.15, 0.2) is 54.6 Å². The number of benzene rings is 2. The highest BCUT2D eigenvalue weighted by Gasteiger charge is 2.26. The number of hydrogen-bond acceptors (Lipinski definition) is 2. The zero-order valence-corrected chi connectivity index (χ0v) is 12.6. The summed E-state index contributed by atoms with van der Waals surface area (Å²) in [6, 6.07) is 17.3. The van der Waals surface area contributed by atoms with Crippen molar-refractivity contribution in [2.45, 2.75) is 38.9 Å². The van der Waals surface area contributed by atoms with Gasteiger partial charge in [-0.3, -0.25) is 0 Å². The third-order valence-corrected chi connectivity index (χ3v) is 3.16. The van der Waals surface area contributed by atoms with Crippen molar-refractivity contribution >= 4 is 0 Å². The fraction of sp³-hybridized carbons (Fsp3) is 0.333. The van der Waals surface area contributed by atoms with Gasteiger partial charge in [0.1, 0.15) is 17.0 Å². The zero-order chi connectivity index (χ0) is 14.8. The summed E-state index contributed by atoms with van der Waals surface area (Å²) < 4.78 is 5.86. The van der Waals surface area contributed by atoms with Crippen LogP contribution in [0.5, 0.6) is 5.75 Å². The average Bonchev–Trinajstić information content (AvgIpc) is 2.38. The zero-order valence-electron chi connectivity index (χ0n) is 12.6. The quantitative estimate of drug-likeness (QED) is 0.909. The Balaban J connectivity index is 2.35. The molecule has 0 radical (unpaired) electrons. The minimum absolute atomic E-state index is 0.253. The van der Waals surface area contributed by atoms with Crippen molar-refractivity contribution in [3.63, 3.8) is 0 Å². The molecule has 2 aromatic rings. The first kappa shape index (κ1) is 14.6. The molecule has 2 rings (SSSR count). The molecule has 0 amide bonds. The first-order valence-electron chi connectivity index (χ1n) is 6.86. The molecule has 2 aromatic carbocycles. The maximum absolute atomic E-state index is 10.8. The Hall–Kier alpha value is -1.80. The van der Waals surface area contributed by atoms with Gasteiger partial charge in [-0.25, -0.2) is 0 Å². The molecule has 2 heteroatoms. The van der Waals surface area contributed by atoms with Crippen molar-refractivity contribution < 1.29 is 9.84 Å². The second kappa shape index (κ2) is 5.29. The topological polar surface area (TPSA) is 29.5 Å². The lowest BCUT2D eigenvalue weighted by Gasteiger charge is -2.26. The van der Waals surface area contributed by atoms with Gasteiger partial charge in [-0.2, -0.15) is 0 Å². The summed E-state index contributed by atoms with van der Waals surface area (Å²) in [5.41, 5.74) is 0.411. The average molecular weight is 270 g/mol. The fourth-order valence-electron chi connectivity index (χ4n) is 2.15. The minimum Gasteiger partial charge on any atom is -0.488 e. The second-order valence-corrected chi connectivity index (χ2v) is 6.18. The monoisotopic (exact) mass is 270 g/mol. The SMILES string of the molecule is CC(C)(C)Oc1cccc(C(C)(O)c2ccccc2)c1. The van der Waals surface area contributed by atoms with E-state index < -0.39 is 5.60 Å². The van der Waals surface area contributed by atoms with Gasteiger partial charge in [-0.05, 0) is 51.0 Å². The smallest absolute Gasteiger partial charge is 0.120 e. The molecule has 2 nitrogen and oxygen atoms in total. The van der Waals surface area contributed by atoms with E-state index in [9.17, 15) is 5.11 Å². The molecule has 0 fully saturated rings. The molecule has 0 saturated heterocycles. The van der Waals surface area contributed by atoms with Crippen LogP contribution < -0.4 is 4.74 Å². The van der Waals surface area contributed by atoms with Gasteiger partial charge in [0.15, 0.2) is 0 Å². The van der Waals surface area contributed by atoms with Crippen LogP contribution in [0.25, 0.3) is 0 Å². The van der Waals surface area contributed by atoms with E-state index in [1.807, 2.05) is 75.4 Å². The largest absolute Gasteiger partial charge is 0.488 e. The summed E-state index contributed by atoms with van der Waals surface area (Å²) >= 11 is 0. The lowest BCUT2D eigenvalue weighted by atomic mass is 9.88. The van der Waals surface area contributed by atoms with Gasteiger partial charge in [0.25, 0.3) is 0 Å². The van der Waals surface area contributed by atoms with Crippen LogP contribution in [-0.4, -0.2) is 10.7 Å². The predicted molar refractivity (Wildman–Crippen MR) is 81.9 cm³/mol. The van der Waals surface area contributed by atoms with Crippen molar-refractivity contribution in [3.05, 3.63) is 65.7 Å². The lowest BCUT2D eigenvalue weighted by Crippen LogP contribution is -2.25. The van der Waals surface area contributed by atoms with E-state index in [0.29, 0.717) is 0 Å². The summed E-state index contributed by atoms with van der Waals surface area (Å²) in [7, 11) is 0. The molecule has 0 aliphatic heterocycles. The fourth-order valence-corrected chi connectivity index (χ4v) is 2.15. The maximum atomic E-state index is 10.8. The summed E-state index contributed by atoms with van der Waals surface area (Å²) in [6.07, 6.45) is 0. The predicted octanol–water partition coefficient (Wildman–Crippen LogP) is 4.12. The maximum Gasteiger partial charge on any atom is 0.120 e. The van der Waals surface area contributed by atoms with Crippen molar-refractivity contribution in [2.24, 2.45) is 0 Å². The highest BCUT2D eigenvalue weighted by Crippen LogP contribution is 2.31. The molecule has 0 aliphatic rings. The number of aliphatic hydroxyl groups is 1. The standard InChI is InChI=1S/C18H22O2/c1-17(2,3)20-16-12-8-11-15(13-16)18(4,19)14-9-6-5-7-10-14/h5-13,19H,1-4H3. The molecule has 1 atom stereocenters. The van der Waals surface area contributed by atoms with Crippen LogP contribution in [0.1, 0.15) is 38.8 Å². The third kappa shape index (κ3) is 3.40. The Morgan fingerprint density at radius 3 is 2.00 bits per heavy atom. The molecule has 0 aliphatic carbocycles. The molecule has 20 heavy (non-hydrogen) atoms. The van der Waals surface area contributed by atoms with E-state index in [1.54, 1.807) is 6.92 Å². The Morgan fingerprint density at radius 1 is 0.800 bits per heavy atom. The van der Waals surface area contributed by atoms with Crippen LogP contribution in [0.4, 0.5) is 0 Å². The van der Waals surface area contributed by atoms with E-state index in [-0.39, 0.29) is 5.60 Å². The third-order valence-electron chi connectivity index (χ3n) is 3.16. The molecule has 0 spiro atoms. The van der Waals surface area contributed by atoms with Gasteiger partial charge in [-0.15, -0.1) is 0 Å². The molecule has 0 heterocycles. The first-order chi connectivity index (χ1) is 9.29. The highest BCUT2D eigenvalue weighted by molar-refractivity contribution is 5.39. The van der Waals surface area contributed by atoms with Crippen LogP contribution in [0.2, 0.25) is 0 Å². The summed E-state index contributed by atoms with van der Waals surface area (Å²) in [4.78, 5) is 0. The summed E-state index contributed by atoms with van der Waals surface area (Å²) in [5, 5.41) is 10.8. The molecule has 0 bridgehead atoms. The van der Waals surface area contributed by atoms with Crippen LogP contribution in [0.3, 0.4) is 0 Å². The van der Waals surface area contributed by atoms with Crippen LogP contribution in [0, 0.1) is 0 Å².